The third-order valence-electron chi connectivity index (χ3n) is 2.73. The van der Waals surface area contributed by atoms with E-state index in [9.17, 15) is 0 Å². The lowest BCUT2D eigenvalue weighted by atomic mass is 10.1. The van der Waals surface area contributed by atoms with E-state index >= 15 is 0 Å². The molecule has 0 unspecified atom stereocenters. The molecule has 0 spiro atoms. The fourth-order valence-corrected chi connectivity index (χ4v) is 1.93. The maximum atomic E-state index is 5.70. The first-order valence-electron chi connectivity index (χ1n) is 5.34. The molecule has 3 rings (SSSR count). The number of aryl methyl sites for hydroxylation is 1. The third kappa shape index (κ3) is 1.60. The summed E-state index contributed by atoms with van der Waals surface area (Å²) in [4.78, 5) is 4.08. The van der Waals surface area contributed by atoms with E-state index in [1.165, 1.54) is 6.39 Å². The molecular formula is C12H12N4O. The lowest BCUT2D eigenvalue weighted by Crippen LogP contribution is -1.96. The Hall–Kier alpha value is -2.14. The number of rotatable bonds is 2. The average Bonchev–Trinajstić information content (AvgIpc) is 2.93. The summed E-state index contributed by atoms with van der Waals surface area (Å²) >= 11 is 0. The van der Waals surface area contributed by atoms with E-state index in [1.54, 1.807) is 4.68 Å². The number of aromatic nitrogens is 3. The van der Waals surface area contributed by atoms with Gasteiger partial charge in [0.1, 0.15) is 5.52 Å². The van der Waals surface area contributed by atoms with E-state index in [0.717, 1.165) is 27.9 Å². The fourth-order valence-electron chi connectivity index (χ4n) is 1.93. The second-order valence-electron chi connectivity index (χ2n) is 3.92. The number of hydrogen-bond donors (Lipinski definition) is 1. The molecule has 0 aliphatic carbocycles. The summed E-state index contributed by atoms with van der Waals surface area (Å²) in [7, 11) is 1.88. The van der Waals surface area contributed by atoms with Gasteiger partial charge in [-0.25, -0.2) is 4.98 Å². The van der Waals surface area contributed by atoms with Crippen LogP contribution in [-0.2, 0) is 13.6 Å². The summed E-state index contributed by atoms with van der Waals surface area (Å²) in [6.45, 7) is 0.470. The minimum atomic E-state index is 0.470. The zero-order valence-corrected chi connectivity index (χ0v) is 9.42. The molecule has 5 heteroatoms. The molecule has 2 N–H and O–H groups in total. The number of fused-ring (bicyclic) bond motifs is 1. The minimum absolute atomic E-state index is 0.470. The lowest BCUT2D eigenvalue weighted by Gasteiger charge is -1.99. The van der Waals surface area contributed by atoms with Crippen LogP contribution < -0.4 is 5.73 Å². The SMILES string of the molecule is Cn1cc(CN)c(-c2ccc3ncoc3c2)n1. The van der Waals surface area contributed by atoms with Gasteiger partial charge in [0, 0.05) is 30.9 Å². The predicted molar refractivity (Wildman–Crippen MR) is 64.1 cm³/mol. The Balaban J connectivity index is 2.18. The smallest absolute Gasteiger partial charge is 0.181 e. The van der Waals surface area contributed by atoms with E-state index in [-0.39, 0.29) is 0 Å². The predicted octanol–water partition coefficient (Wildman–Crippen LogP) is 1.69. The van der Waals surface area contributed by atoms with Crippen LogP contribution in [0.3, 0.4) is 0 Å². The average molecular weight is 228 g/mol. The molecular weight excluding hydrogens is 216 g/mol. The van der Waals surface area contributed by atoms with Crippen molar-refractivity contribution in [3.63, 3.8) is 0 Å². The second kappa shape index (κ2) is 3.71. The van der Waals surface area contributed by atoms with Gasteiger partial charge in [-0.05, 0) is 12.1 Å². The van der Waals surface area contributed by atoms with Crippen LogP contribution in [0.4, 0.5) is 0 Å². The third-order valence-corrected chi connectivity index (χ3v) is 2.73. The van der Waals surface area contributed by atoms with Gasteiger partial charge in [-0.15, -0.1) is 0 Å². The monoisotopic (exact) mass is 228 g/mol. The summed E-state index contributed by atoms with van der Waals surface area (Å²) in [6, 6.07) is 5.83. The van der Waals surface area contributed by atoms with Crippen molar-refractivity contribution in [2.45, 2.75) is 6.54 Å². The quantitative estimate of drug-likeness (QED) is 0.724. The topological polar surface area (TPSA) is 69.9 Å². The fraction of sp³-hybridized carbons (Fsp3) is 0.167. The van der Waals surface area contributed by atoms with Gasteiger partial charge in [0.25, 0.3) is 0 Å². The minimum Gasteiger partial charge on any atom is -0.443 e. The highest BCUT2D eigenvalue weighted by molar-refractivity contribution is 5.79. The molecule has 2 heterocycles. The molecule has 17 heavy (non-hydrogen) atoms. The van der Waals surface area contributed by atoms with E-state index in [1.807, 2.05) is 31.4 Å². The first kappa shape index (κ1) is 10.0. The van der Waals surface area contributed by atoms with Crippen LogP contribution in [0.2, 0.25) is 0 Å². The number of nitrogens with two attached hydrogens (primary N) is 1. The van der Waals surface area contributed by atoms with Crippen molar-refractivity contribution in [3.8, 4) is 11.3 Å². The van der Waals surface area contributed by atoms with Crippen LogP contribution in [0, 0.1) is 0 Å². The normalized spacial score (nSPS) is 11.2. The molecule has 0 fully saturated rings. The van der Waals surface area contributed by atoms with E-state index in [0.29, 0.717) is 6.54 Å². The number of benzene rings is 1. The van der Waals surface area contributed by atoms with Crippen molar-refractivity contribution in [1.29, 1.82) is 0 Å². The van der Waals surface area contributed by atoms with Crippen molar-refractivity contribution < 1.29 is 4.42 Å². The van der Waals surface area contributed by atoms with Gasteiger partial charge in [-0.2, -0.15) is 5.10 Å². The Bertz CT molecular complexity index is 668. The molecule has 0 aliphatic heterocycles. The van der Waals surface area contributed by atoms with E-state index in [4.69, 9.17) is 10.2 Å². The standard InChI is InChI=1S/C12H12N4O/c1-16-6-9(5-13)12(15-16)8-2-3-10-11(4-8)17-7-14-10/h2-4,6-7H,5,13H2,1H3. The maximum absolute atomic E-state index is 5.70. The van der Waals surface area contributed by atoms with Crippen molar-refractivity contribution in [2.75, 3.05) is 0 Å². The first-order chi connectivity index (χ1) is 8.28. The molecule has 0 saturated carbocycles. The number of hydrogen-bond acceptors (Lipinski definition) is 4. The highest BCUT2D eigenvalue weighted by Crippen LogP contribution is 2.25. The maximum Gasteiger partial charge on any atom is 0.181 e. The molecule has 0 aliphatic rings. The van der Waals surface area contributed by atoms with Gasteiger partial charge < -0.3 is 10.2 Å². The molecule has 0 radical (unpaired) electrons. The van der Waals surface area contributed by atoms with Crippen molar-refractivity contribution >= 4 is 11.1 Å². The molecule has 1 aromatic carbocycles. The lowest BCUT2D eigenvalue weighted by molar-refractivity contribution is 0.602. The molecule has 5 nitrogen and oxygen atoms in total. The summed E-state index contributed by atoms with van der Waals surface area (Å²) in [5.74, 6) is 0. The van der Waals surface area contributed by atoms with Crippen LogP contribution in [0.25, 0.3) is 22.4 Å². The van der Waals surface area contributed by atoms with Gasteiger partial charge in [0.15, 0.2) is 12.0 Å². The van der Waals surface area contributed by atoms with Gasteiger partial charge in [0.2, 0.25) is 0 Å². The van der Waals surface area contributed by atoms with Crippen molar-refractivity contribution in [1.82, 2.24) is 14.8 Å². The Labute approximate surface area is 97.9 Å². The highest BCUT2D eigenvalue weighted by Gasteiger charge is 2.10. The van der Waals surface area contributed by atoms with Crippen LogP contribution >= 0.6 is 0 Å². The zero-order valence-electron chi connectivity index (χ0n) is 9.42. The van der Waals surface area contributed by atoms with Crippen LogP contribution in [0.5, 0.6) is 0 Å². The number of nitrogens with zero attached hydrogens (tertiary/aromatic N) is 3. The van der Waals surface area contributed by atoms with Crippen LogP contribution in [-0.4, -0.2) is 14.8 Å². The molecule has 0 saturated heterocycles. The summed E-state index contributed by atoms with van der Waals surface area (Å²) in [5.41, 5.74) is 10.2. The summed E-state index contributed by atoms with van der Waals surface area (Å²) in [5, 5.41) is 4.42. The summed E-state index contributed by atoms with van der Waals surface area (Å²) < 4.78 is 7.05. The van der Waals surface area contributed by atoms with E-state index in [2.05, 4.69) is 10.1 Å². The molecule has 0 bridgehead atoms. The van der Waals surface area contributed by atoms with Gasteiger partial charge >= 0.3 is 0 Å². The zero-order chi connectivity index (χ0) is 11.8. The van der Waals surface area contributed by atoms with E-state index < -0.39 is 0 Å². The molecule has 2 aromatic heterocycles. The Kier molecular flexibility index (Phi) is 2.19. The van der Waals surface area contributed by atoms with Crippen LogP contribution in [0.1, 0.15) is 5.56 Å². The van der Waals surface area contributed by atoms with Gasteiger partial charge in [-0.1, -0.05) is 6.07 Å². The largest absolute Gasteiger partial charge is 0.443 e. The molecule has 0 atom stereocenters. The van der Waals surface area contributed by atoms with Gasteiger partial charge in [0.05, 0.1) is 5.69 Å². The Morgan fingerprint density at radius 2 is 2.29 bits per heavy atom. The summed E-state index contributed by atoms with van der Waals surface area (Å²) in [6.07, 6.45) is 3.37. The van der Waals surface area contributed by atoms with Crippen LogP contribution in [0.15, 0.2) is 35.2 Å². The Morgan fingerprint density at radius 3 is 3.12 bits per heavy atom. The first-order valence-corrected chi connectivity index (χ1v) is 5.34. The molecule has 86 valence electrons. The molecule has 0 amide bonds. The van der Waals surface area contributed by atoms with Crippen molar-refractivity contribution in [2.24, 2.45) is 12.8 Å². The van der Waals surface area contributed by atoms with Gasteiger partial charge in [-0.3, -0.25) is 4.68 Å². The Morgan fingerprint density at radius 1 is 1.41 bits per heavy atom. The highest BCUT2D eigenvalue weighted by atomic mass is 16.3. The van der Waals surface area contributed by atoms with Crippen molar-refractivity contribution in [3.05, 3.63) is 36.4 Å². The molecule has 3 aromatic rings. The second-order valence-corrected chi connectivity index (χ2v) is 3.92. The number of oxazole rings is 1.